The van der Waals surface area contributed by atoms with Crippen molar-refractivity contribution in [1.29, 1.82) is 0 Å². The molecule has 1 amide bonds. The smallest absolute Gasteiger partial charge is 0.256 e. The van der Waals surface area contributed by atoms with E-state index in [2.05, 4.69) is 20.3 Å². The molecule has 0 spiro atoms. The summed E-state index contributed by atoms with van der Waals surface area (Å²) in [5.41, 5.74) is 3.95. The number of aromatic nitrogens is 3. The van der Waals surface area contributed by atoms with Crippen molar-refractivity contribution in [3.05, 3.63) is 89.8 Å². The Labute approximate surface area is 196 Å². The van der Waals surface area contributed by atoms with Crippen LogP contribution in [0.1, 0.15) is 21.5 Å². The van der Waals surface area contributed by atoms with Crippen molar-refractivity contribution in [2.75, 3.05) is 14.2 Å². The number of hydrogen-bond acceptors (Lipinski definition) is 6. The number of carbonyl (C=O) groups excluding carboxylic acids is 1. The second-order valence-electron chi connectivity index (χ2n) is 7.59. The summed E-state index contributed by atoms with van der Waals surface area (Å²) in [5.74, 6) is -0.0545. The van der Waals surface area contributed by atoms with Gasteiger partial charge in [0, 0.05) is 48.0 Å². The van der Waals surface area contributed by atoms with Gasteiger partial charge >= 0.3 is 0 Å². The summed E-state index contributed by atoms with van der Waals surface area (Å²) in [7, 11) is 3.01. The molecular weight excluding hydrogens is 435 g/mol. The first kappa shape index (κ1) is 22.8. The number of amides is 1. The number of aryl methyl sites for hydroxylation is 1. The van der Waals surface area contributed by atoms with Crippen LogP contribution in [0, 0.1) is 12.7 Å². The third kappa shape index (κ3) is 4.85. The predicted molar refractivity (Wildman–Crippen MR) is 126 cm³/mol. The SMILES string of the molecule is COc1cc(CNC(=O)c2cc(-c3cncc(C)c3)cnc2-c2ccccc2F)cnc1OC. The zero-order valence-electron chi connectivity index (χ0n) is 19.0. The van der Waals surface area contributed by atoms with Crippen molar-refractivity contribution < 1.29 is 18.7 Å². The molecule has 4 aromatic rings. The lowest BCUT2D eigenvalue weighted by molar-refractivity contribution is 0.0951. The third-order valence-electron chi connectivity index (χ3n) is 5.21. The van der Waals surface area contributed by atoms with E-state index >= 15 is 0 Å². The first-order valence-electron chi connectivity index (χ1n) is 10.5. The highest BCUT2D eigenvalue weighted by Gasteiger charge is 2.19. The number of hydrogen-bond donors (Lipinski definition) is 1. The van der Waals surface area contributed by atoms with Crippen LogP contribution in [0.5, 0.6) is 11.6 Å². The molecule has 172 valence electrons. The molecule has 0 bridgehead atoms. The van der Waals surface area contributed by atoms with Crippen molar-refractivity contribution in [2.24, 2.45) is 0 Å². The second-order valence-corrected chi connectivity index (χ2v) is 7.59. The summed E-state index contributed by atoms with van der Waals surface area (Å²) in [6, 6.07) is 11.6. The number of ether oxygens (including phenoxy) is 2. The lowest BCUT2D eigenvalue weighted by atomic mass is 10.00. The van der Waals surface area contributed by atoms with Gasteiger partial charge in [-0.15, -0.1) is 0 Å². The minimum atomic E-state index is -0.460. The van der Waals surface area contributed by atoms with Gasteiger partial charge in [-0.1, -0.05) is 12.1 Å². The monoisotopic (exact) mass is 458 g/mol. The number of benzene rings is 1. The summed E-state index contributed by atoms with van der Waals surface area (Å²) < 4.78 is 25.0. The Morgan fingerprint density at radius 3 is 2.50 bits per heavy atom. The zero-order chi connectivity index (χ0) is 24.1. The second kappa shape index (κ2) is 10.1. The number of nitrogens with one attached hydrogen (secondary N) is 1. The Kier molecular flexibility index (Phi) is 6.77. The van der Waals surface area contributed by atoms with Gasteiger partial charge in [0.05, 0.1) is 25.5 Å². The maximum absolute atomic E-state index is 14.6. The Morgan fingerprint density at radius 2 is 1.76 bits per heavy atom. The number of methoxy groups -OCH3 is 2. The van der Waals surface area contributed by atoms with E-state index in [9.17, 15) is 9.18 Å². The normalized spacial score (nSPS) is 10.6. The number of pyridine rings is 3. The highest BCUT2D eigenvalue weighted by Crippen LogP contribution is 2.29. The van der Waals surface area contributed by atoms with Crippen LogP contribution in [-0.4, -0.2) is 35.1 Å². The summed E-state index contributed by atoms with van der Waals surface area (Å²) in [6.07, 6.45) is 6.65. The molecule has 8 heteroatoms. The molecule has 7 nitrogen and oxygen atoms in total. The van der Waals surface area contributed by atoms with E-state index in [0.29, 0.717) is 22.8 Å². The van der Waals surface area contributed by atoms with E-state index < -0.39 is 11.7 Å². The molecule has 0 saturated carbocycles. The molecule has 3 heterocycles. The minimum Gasteiger partial charge on any atom is -0.491 e. The molecule has 3 aromatic heterocycles. The lowest BCUT2D eigenvalue weighted by Crippen LogP contribution is -2.24. The van der Waals surface area contributed by atoms with Gasteiger partial charge in [-0.25, -0.2) is 9.37 Å². The topological polar surface area (TPSA) is 86.2 Å². The highest BCUT2D eigenvalue weighted by molar-refractivity contribution is 6.01. The molecule has 0 aliphatic heterocycles. The Bertz CT molecular complexity index is 1340. The molecule has 4 rings (SSSR count). The van der Waals surface area contributed by atoms with Crippen molar-refractivity contribution >= 4 is 5.91 Å². The van der Waals surface area contributed by atoms with Crippen molar-refractivity contribution in [1.82, 2.24) is 20.3 Å². The number of carbonyl (C=O) groups is 1. The van der Waals surface area contributed by atoms with Crippen LogP contribution in [0.4, 0.5) is 4.39 Å². The van der Waals surface area contributed by atoms with Gasteiger partial charge in [-0.2, -0.15) is 0 Å². The molecule has 0 atom stereocenters. The number of rotatable bonds is 7. The van der Waals surface area contributed by atoms with Crippen LogP contribution in [-0.2, 0) is 6.54 Å². The van der Waals surface area contributed by atoms with Crippen LogP contribution in [0.15, 0.2) is 67.3 Å². The standard InChI is InChI=1S/C26H23FN4O3/c1-16-8-18(14-28-11-16)19-10-21(24(29-15-19)20-6-4-5-7-22(20)27)25(32)30-12-17-9-23(33-2)26(34-3)31-13-17/h4-11,13-15H,12H2,1-3H3,(H,30,32). The molecule has 34 heavy (non-hydrogen) atoms. The van der Waals surface area contributed by atoms with Gasteiger partial charge in [0.2, 0.25) is 0 Å². The van der Waals surface area contributed by atoms with Crippen molar-refractivity contribution in [3.8, 4) is 34.0 Å². The number of nitrogens with zero attached hydrogens (tertiary/aromatic N) is 3. The average molecular weight is 458 g/mol. The van der Waals surface area contributed by atoms with Crippen LogP contribution in [0.2, 0.25) is 0 Å². The molecular formula is C26H23FN4O3. The molecule has 0 radical (unpaired) electrons. The van der Waals surface area contributed by atoms with Crippen molar-refractivity contribution in [2.45, 2.75) is 13.5 Å². The van der Waals surface area contributed by atoms with E-state index in [1.165, 1.54) is 20.3 Å². The zero-order valence-corrected chi connectivity index (χ0v) is 19.0. The van der Waals surface area contributed by atoms with Crippen molar-refractivity contribution in [3.63, 3.8) is 0 Å². The van der Waals surface area contributed by atoms with E-state index in [0.717, 1.165) is 11.1 Å². The van der Waals surface area contributed by atoms with E-state index in [-0.39, 0.29) is 23.4 Å². The van der Waals surface area contributed by atoms with Gasteiger partial charge in [0.15, 0.2) is 5.75 Å². The molecule has 1 N–H and O–H groups in total. The van der Waals surface area contributed by atoms with Crippen LogP contribution < -0.4 is 14.8 Å². The van der Waals surface area contributed by atoms with Gasteiger partial charge in [-0.05, 0) is 48.4 Å². The highest BCUT2D eigenvalue weighted by atomic mass is 19.1. The summed E-state index contributed by atoms with van der Waals surface area (Å²) in [6.45, 7) is 2.11. The van der Waals surface area contributed by atoms with Gasteiger partial charge in [0.1, 0.15) is 5.82 Å². The molecule has 0 fully saturated rings. The van der Waals surface area contributed by atoms with Crippen LogP contribution >= 0.6 is 0 Å². The van der Waals surface area contributed by atoms with E-state index in [1.807, 2.05) is 13.0 Å². The van der Waals surface area contributed by atoms with Gasteiger partial charge < -0.3 is 14.8 Å². The van der Waals surface area contributed by atoms with Gasteiger partial charge in [-0.3, -0.25) is 14.8 Å². The molecule has 0 aliphatic carbocycles. The van der Waals surface area contributed by atoms with E-state index in [1.54, 1.807) is 55.1 Å². The summed E-state index contributed by atoms with van der Waals surface area (Å²) in [4.78, 5) is 26.2. The minimum absolute atomic E-state index is 0.180. The Morgan fingerprint density at radius 1 is 0.971 bits per heavy atom. The number of halogens is 1. The summed E-state index contributed by atoms with van der Waals surface area (Å²) in [5, 5.41) is 2.87. The Balaban J connectivity index is 1.69. The largest absolute Gasteiger partial charge is 0.491 e. The first-order valence-corrected chi connectivity index (χ1v) is 10.5. The fourth-order valence-corrected chi connectivity index (χ4v) is 3.52. The maximum Gasteiger partial charge on any atom is 0.256 e. The predicted octanol–water partition coefficient (Wildman–Crippen LogP) is 4.60. The van der Waals surface area contributed by atoms with E-state index in [4.69, 9.17) is 9.47 Å². The maximum atomic E-state index is 14.6. The fourth-order valence-electron chi connectivity index (χ4n) is 3.52. The third-order valence-corrected chi connectivity index (χ3v) is 5.21. The first-order chi connectivity index (χ1) is 16.5. The summed E-state index contributed by atoms with van der Waals surface area (Å²) >= 11 is 0. The quantitative estimate of drug-likeness (QED) is 0.436. The molecule has 0 saturated heterocycles. The lowest BCUT2D eigenvalue weighted by Gasteiger charge is -2.13. The van der Waals surface area contributed by atoms with Gasteiger partial charge in [0.25, 0.3) is 11.8 Å². The average Bonchev–Trinajstić information content (AvgIpc) is 2.87. The fraction of sp³-hybridized carbons (Fsp3) is 0.154. The Hall–Kier alpha value is -4.33. The molecule has 0 aliphatic rings. The van der Waals surface area contributed by atoms with Crippen LogP contribution in [0.3, 0.4) is 0 Å². The van der Waals surface area contributed by atoms with Crippen LogP contribution in [0.25, 0.3) is 22.4 Å². The molecule has 0 unspecified atom stereocenters. The molecule has 1 aromatic carbocycles.